The van der Waals surface area contributed by atoms with Crippen LogP contribution in [0.15, 0.2) is 28.7 Å². The summed E-state index contributed by atoms with van der Waals surface area (Å²) < 4.78 is 10.8. The second-order valence-corrected chi connectivity index (χ2v) is 6.19. The normalized spacial score (nSPS) is 15.6. The van der Waals surface area contributed by atoms with E-state index in [4.69, 9.17) is 20.8 Å². The van der Waals surface area contributed by atoms with Gasteiger partial charge in [-0.25, -0.2) is 0 Å². The summed E-state index contributed by atoms with van der Waals surface area (Å²) in [6, 6.07) is 7.38. The van der Waals surface area contributed by atoms with E-state index in [1.54, 1.807) is 6.07 Å². The summed E-state index contributed by atoms with van der Waals surface area (Å²) in [5.41, 5.74) is 0.735. The number of benzene rings is 1. The van der Waals surface area contributed by atoms with Crippen LogP contribution in [0.2, 0.25) is 5.02 Å². The van der Waals surface area contributed by atoms with Crippen LogP contribution in [0.3, 0.4) is 0 Å². The van der Waals surface area contributed by atoms with E-state index < -0.39 is 0 Å². The van der Waals surface area contributed by atoms with Gasteiger partial charge >= 0.3 is 5.97 Å². The molecule has 1 aromatic heterocycles. The number of aromatic nitrogens is 2. The largest absolute Gasteiger partial charge is 0.466 e. The number of rotatable bonds is 5. The Labute approximate surface area is 157 Å². The first-order chi connectivity index (χ1) is 11.7. The maximum atomic E-state index is 11.8. The van der Waals surface area contributed by atoms with E-state index in [-0.39, 0.29) is 24.3 Å². The molecule has 6 nitrogen and oxygen atoms in total. The summed E-state index contributed by atoms with van der Waals surface area (Å²) >= 11 is 6.15. The van der Waals surface area contributed by atoms with Gasteiger partial charge in [-0.2, -0.15) is 0 Å². The zero-order valence-electron chi connectivity index (χ0n) is 14.0. The molecule has 0 atom stereocenters. The van der Waals surface area contributed by atoms with Crippen LogP contribution in [0.4, 0.5) is 0 Å². The van der Waals surface area contributed by atoms with Crippen LogP contribution in [0.1, 0.15) is 25.7 Å². The van der Waals surface area contributed by atoms with Gasteiger partial charge in [-0.1, -0.05) is 23.7 Å². The first kappa shape index (κ1) is 19.7. The Morgan fingerprint density at radius 2 is 2.04 bits per heavy atom. The number of hydrogen-bond donors (Lipinski definition) is 0. The number of hydrogen-bond acceptors (Lipinski definition) is 6. The van der Waals surface area contributed by atoms with Crippen molar-refractivity contribution in [3.8, 4) is 11.5 Å². The molecule has 1 aromatic carbocycles. The van der Waals surface area contributed by atoms with Crippen LogP contribution in [0.5, 0.6) is 0 Å². The number of ether oxygens (including phenoxy) is 1. The van der Waals surface area contributed by atoms with Crippen LogP contribution in [-0.4, -0.2) is 40.8 Å². The minimum atomic E-state index is -0.0871. The third-order valence-electron chi connectivity index (χ3n) is 4.14. The van der Waals surface area contributed by atoms with E-state index in [0.717, 1.165) is 31.5 Å². The van der Waals surface area contributed by atoms with Gasteiger partial charge in [-0.15, -0.1) is 22.6 Å². The minimum absolute atomic E-state index is 0. The Bertz CT molecular complexity index is 700. The van der Waals surface area contributed by atoms with Crippen LogP contribution < -0.4 is 0 Å². The molecular formula is C17H21Cl2N3O3. The Balaban J connectivity index is 0.00000225. The van der Waals surface area contributed by atoms with Gasteiger partial charge in [-0.05, 0) is 45.0 Å². The molecule has 0 radical (unpaired) electrons. The molecule has 0 aliphatic carbocycles. The lowest BCUT2D eigenvalue weighted by molar-refractivity contribution is -0.149. The Morgan fingerprint density at radius 3 is 2.72 bits per heavy atom. The van der Waals surface area contributed by atoms with Gasteiger partial charge in [0, 0.05) is 0 Å². The van der Waals surface area contributed by atoms with Crippen molar-refractivity contribution in [1.82, 2.24) is 15.1 Å². The Kier molecular flexibility index (Phi) is 7.23. The van der Waals surface area contributed by atoms with E-state index in [1.165, 1.54) is 0 Å². The number of nitrogens with zero attached hydrogens (tertiary/aromatic N) is 3. The van der Waals surface area contributed by atoms with Crippen LogP contribution in [0, 0.1) is 5.92 Å². The van der Waals surface area contributed by atoms with Crippen LogP contribution in [0.25, 0.3) is 11.5 Å². The molecule has 1 aliphatic heterocycles. The van der Waals surface area contributed by atoms with Gasteiger partial charge in [-0.3, -0.25) is 9.69 Å². The highest BCUT2D eigenvalue weighted by atomic mass is 35.5. The third-order valence-corrected chi connectivity index (χ3v) is 4.47. The molecule has 8 heteroatoms. The highest BCUT2D eigenvalue weighted by molar-refractivity contribution is 6.33. The molecule has 2 heterocycles. The van der Waals surface area contributed by atoms with Crippen molar-refractivity contribution in [2.75, 3.05) is 19.7 Å². The van der Waals surface area contributed by atoms with Gasteiger partial charge in [0.2, 0.25) is 11.8 Å². The molecule has 0 bridgehead atoms. The zero-order valence-corrected chi connectivity index (χ0v) is 15.6. The first-order valence-electron chi connectivity index (χ1n) is 8.13. The molecule has 136 valence electrons. The molecule has 1 aliphatic rings. The summed E-state index contributed by atoms with van der Waals surface area (Å²) in [5.74, 6) is 0.898. The summed E-state index contributed by atoms with van der Waals surface area (Å²) in [6.07, 6.45) is 1.59. The second kappa shape index (κ2) is 9.17. The van der Waals surface area contributed by atoms with Crippen molar-refractivity contribution in [2.45, 2.75) is 26.3 Å². The van der Waals surface area contributed by atoms with Crippen molar-refractivity contribution in [1.29, 1.82) is 0 Å². The van der Waals surface area contributed by atoms with Gasteiger partial charge in [0.05, 0.1) is 29.7 Å². The number of likely N-dealkylation sites (tertiary alicyclic amines) is 1. The molecule has 1 saturated heterocycles. The van der Waals surface area contributed by atoms with E-state index in [2.05, 4.69) is 15.1 Å². The average molecular weight is 386 g/mol. The molecule has 2 aromatic rings. The number of piperidine rings is 1. The predicted octanol–water partition coefficient (Wildman–Crippen LogP) is 3.59. The van der Waals surface area contributed by atoms with E-state index in [1.807, 2.05) is 25.1 Å². The van der Waals surface area contributed by atoms with E-state index in [9.17, 15) is 4.79 Å². The number of carbonyl (C=O) groups excluding carboxylic acids is 1. The first-order valence-corrected chi connectivity index (χ1v) is 8.51. The van der Waals surface area contributed by atoms with Gasteiger partial charge in [0.1, 0.15) is 0 Å². The summed E-state index contributed by atoms with van der Waals surface area (Å²) in [4.78, 5) is 14.0. The van der Waals surface area contributed by atoms with Crippen molar-refractivity contribution in [3.05, 3.63) is 35.2 Å². The fourth-order valence-corrected chi connectivity index (χ4v) is 3.06. The highest BCUT2D eigenvalue weighted by Crippen LogP contribution is 2.27. The minimum Gasteiger partial charge on any atom is -0.466 e. The van der Waals surface area contributed by atoms with Crippen molar-refractivity contribution >= 4 is 30.0 Å². The van der Waals surface area contributed by atoms with Gasteiger partial charge in [0.25, 0.3) is 0 Å². The number of carbonyl (C=O) groups is 1. The number of esters is 1. The second-order valence-electron chi connectivity index (χ2n) is 5.78. The monoisotopic (exact) mass is 385 g/mol. The molecule has 0 spiro atoms. The summed E-state index contributed by atoms with van der Waals surface area (Å²) in [7, 11) is 0. The smallest absolute Gasteiger partial charge is 0.309 e. The van der Waals surface area contributed by atoms with Crippen LogP contribution >= 0.6 is 24.0 Å². The SMILES string of the molecule is CCOC(=O)C1CCN(Cc2nnc(-c3ccccc3Cl)o2)CC1.Cl. The topological polar surface area (TPSA) is 68.5 Å². The Morgan fingerprint density at radius 1 is 1.32 bits per heavy atom. The maximum absolute atomic E-state index is 11.8. The van der Waals surface area contributed by atoms with Crippen LogP contribution in [-0.2, 0) is 16.1 Å². The zero-order chi connectivity index (χ0) is 16.9. The molecule has 1 fully saturated rings. The fraction of sp³-hybridized carbons (Fsp3) is 0.471. The lowest BCUT2D eigenvalue weighted by atomic mass is 9.97. The summed E-state index contributed by atoms with van der Waals surface area (Å²) in [5, 5.41) is 8.77. The molecule has 3 rings (SSSR count). The average Bonchev–Trinajstić information content (AvgIpc) is 3.04. The molecule has 0 N–H and O–H groups in total. The fourth-order valence-electron chi connectivity index (χ4n) is 2.84. The Hall–Kier alpha value is -1.63. The van der Waals surface area contributed by atoms with Gasteiger partial charge < -0.3 is 9.15 Å². The van der Waals surface area contributed by atoms with Gasteiger partial charge in [0.15, 0.2) is 0 Å². The third kappa shape index (κ3) is 4.93. The standard InChI is InChI=1S/C17H20ClN3O3.ClH/c1-2-23-17(22)12-7-9-21(10-8-12)11-15-19-20-16(24-15)13-5-3-4-6-14(13)18;/h3-6,12H,2,7-11H2,1H3;1H. The molecule has 0 saturated carbocycles. The van der Waals surface area contributed by atoms with Crippen molar-refractivity contribution in [3.63, 3.8) is 0 Å². The molecule has 25 heavy (non-hydrogen) atoms. The van der Waals surface area contributed by atoms with E-state index in [0.29, 0.717) is 30.0 Å². The van der Waals surface area contributed by atoms with E-state index >= 15 is 0 Å². The molecular weight excluding hydrogens is 365 g/mol. The maximum Gasteiger partial charge on any atom is 0.309 e. The lowest BCUT2D eigenvalue weighted by Crippen LogP contribution is -2.36. The van der Waals surface area contributed by atoms with Crippen molar-refractivity contribution < 1.29 is 13.9 Å². The predicted molar refractivity (Wildman–Crippen MR) is 96.6 cm³/mol. The van der Waals surface area contributed by atoms with Crippen molar-refractivity contribution in [2.24, 2.45) is 5.92 Å². The summed E-state index contributed by atoms with van der Waals surface area (Å²) in [6.45, 7) is 4.47. The molecule has 0 amide bonds. The quantitative estimate of drug-likeness (QED) is 0.732. The number of halogens is 2. The lowest BCUT2D eigenvalue weighted by Gasteiger charge is -2.29. The highest BCUT2D eigenvalue weighted by Gasteiger charge is 2.26. The molecule has 0 unspecified atom stereocenters.